The number of hydrogen-bond acceptors (Lipinski definition) is 8. The highest BCUT2D eigenvalue weighted by atomic mass is 16.5. The molecule has 4 N–H and O–H groups in total. The Morgan fingerprint density at radius 2 is 1.44 bits per heavy atom. The van der Waals surface area contributed by atoms with Crippen LogP contribution in [0.25, 0.3) is 22.2 Å². The van der Waals surface area contributed by atoms with Crippen molar-refractivity contribution in [3.8, 4) is 11.3 Å². The van der Waals surface area contributed by atoms with Crippen molar-refractivity contribution in [2.24, 2.45) is 5.73 Å². The third-order valence-corrected chi connectivity index (χ3v) is 13.2. The van der Waals surface area contributed by atoms with E-state index in [1.165, 1.54) is 44.9 Å². The number of ether oxygens (including phenoxy) is 2. The topological polar surface area (TPSA) is 158 Å². The number of aromatic nitrogens is 2. The monoisotopic (exact) mass is 993 g/mol. The van der Waals surface area contributed by atoms with Gasteiger partial charge >= 0.3 is 0 Å². The first-order valence-electron chi connectivity index (χ1n) is 25.8. The SMILES string of the molecule is COC(C)(C)C.Cc1ccnc(-c2cc(N3CCCCC3)ccc2NC(=O)c2cccc(Cn3ccc4c(C(=O)NC(C)(C)CCOC(C)(C)CCC=O)cccc43)c2)c1.NC=O.c1ccc2c(c1)CCCC2. The molecule has 2 aliphatic rings. The molecule has 6 aromatic rings. The van der Waals surface area contributed by atoms with Gasteiger partial charge in [0.15, 0.2) is 0 Å². The van der Waals surface area contributed by atoms with Crippen LogP contribution in [0.4, 0.5) is 11.4 Å². The summed E-state index contributed by atoms with van der Waals surface area (Å²) in [6, 6.07) is 34.5. The molecule has 1 fully saturated rings. The van der Waals surface area contributed by atoms with Crippen molar-refractivity contribution < 1.29 is 28.7 Å². The van der Waals surface area contributed by atoms with E-state index in [1.807, 2.05) is 128 Å². The predicted molar refractivity (Wildman–Crippen MR) is 297 cm³/mol. The lowest BCUT2D eigenvalue weighted by Crippen LogP contribution is -2.44. The van der Waals surface area contributed by atoms with Crippen LogP contribution in [0.2, 0.25) is 0 Å². The standard InChI is InChI=1S/C45H53N5O4.C10H12.C5H12O.CH3NO/c1-32-18-22-46-40(28-32)38-30-35(49-23-7-6-8-24-49)16-17-39(38)47-42(52)34-13-9-12-33(29-34)31-50-25-19-36-37(14-10-15-41(36)50)43(53)48-44(2,3)21-27-54-45(4,5)20-11-26-51;1-2-6-10-8-4-3-7-9(10)5-1;1-5(2,3)6-4;2-1-3/h9-10,12-19,22,25-26,28-30H,6-8,11,20-21,23-24,27,31H2,1-5H3,(H,47,52)(H,48,53);1-2,5-6H,3-4,7-8H2;1-4H3;1H,(H2,2,3). The van der Waals surface area contributed by atoms with E-state index in [0.29, 0.717) is 43.5 Å². The predicted octanol–water partition coefficient (Wildman–Crippen LogP) is 12.1. The molecule has 0 spiro atoms. The summed E-state index contributed by atoms with van der Waals surface area (Å²) in [6.45, 7) is 19.1. The van der Waals surface area contributed by atoms with Gasteiger partial charge in [0.25, 0.3) is 11.8 Å². The van der Waals surface area contributed by atoms with Crippen molar-refractivity contribution >= 4 is 46.8 Å². The zero-order valence-electron chi connectivity index (χ0n) is 44.9. The Balaban J connectivity index is 0.000000434. The lowest BCUT2D eigenvalue weighted by Gasteiger charge is -2.30. The average molecular weight is 993 g/mol. The maximum atomic E-state index is 13.8. The number of piperidine rings is 1. The molecule has 12 heteroatoms. The van der Waals surface area contributed by atoms with Crippen molar-refractivity contribution in [1.82, 2.24) is 14.9 Å². The van der Waals surface area contributed by atoms with Crippen molar-refractivity contribution in [1.29, 1.82) is 0 Å². The van der Waals surface area contributed by atoms with Crippen LogP contribution < -0.4 is 21.3 Å². The van der Waals surface area contributed by atoms with Gasteiger partial charge in [-0.1, -0.05) is 42.5 Å². The smallest absolute Gasteiger partial charge is 0.255 e. The summed E-state index contributed by atoms with van der Waals surface area (Å²) in [5, 5.41) is 7.24. The Morgan fingerprint density at radius 3 is 2.08 bits per heavy atom. The van der Waals surface area contributed by atoms with Crippen molar-refractivity contribution in [2.45, 2.75) is 143 Å². The van der Waals surface area contributed by atoms with E-state index >= 15 is 0 Å². The second-order valence-electron chi connectivity index (χ2n) is 21.2. The Kier molecular flexibility index (Phi) is 21.5. The molecular weight excluding hydrogens is 913 g/mol. The highest BCUT2D eigenvalue weighted by Gasteiger charge is 2.25. The number of benzene rings is 4. The van der Waals surface area contributed by atoms with Gasteiger partial charge in [-0.05, 0) is 196 Å². The molecule has 0 atom stereocenters. The third kappa shape index (κ3) is 18.1. The number of hydrogen-bond donors (Lipinski definition) is 3. The molecule has 0 unspecified atom stereocenters. The summed E-state index contributed by atoms with van der Waals surface area (Å²) in [7, 11) is 1.71. The molecule has 2 aromatic heterocycles. The zero-order chi connectivity index (χ0) is 53.0. The molecule has 1 aliphatic heterocycles. The number of rotatable bonds is 15. The molecule has 0 bridgehead atoms. The minimum Gasteiger partial charge on any atom is -0.379 e. The number of nitrogens with one attached hydrogen (secondary N) is 2. The number of carbonyl (C=O) groups excluding carboxylic acids is 4. The lowest BCUT2D eigenvalue weighted by molar-refractivity contribution is -0.109. The summed E-state index contributed by atoms with van der Waals surface area (Å²) in [5.41, 5.74) is 14.2. The molecule has 8 rings (SSSR count). The van der Waals surface area contributed by atoms with Crippen LogP contribution in [0.15, 0.2) is 116 Å². The third-order valence-electron chi connectivity index (χ3n) is 13.2. The number of fused-ring (bicyclic) bond motifs is 2. The fourth-order valence-electron chi connectivity index (χ4n) is 8.82. The summed E-state index contributed by atoms with van der Waals surface area (Å²) in [6.07, 6.45) is 15.7. The highest BCUT2D eigenvalue weighted by molar-refractivity contribution is 6.07. The molecule has 0 radical (unpaired) electrons. The molecule has 4 aromatic carbocycles. The first kappa shape index (κ1) is 57.3. The number of amides is 3. The summed E-state index contributed by atoms with van der Waals surface area (Å²) < 4.78 is 13.1. The number of pyridine rings is 1. The normalized spacial score (nSPS) is 13.4. The lowest BCUT2D eigenvalue weighted by atomic mass is 9.92. The molecule has 1 saturated heterocycles. The average Bonchev–Trinajstić information content (AvgIpc) is 3.78. The number of aryl methyl sites for hydroxylation is 3. The molecule has 3 amide bonds. The maximum Gasteiger partial charge on any atom is 0.255 e. The fourth-order valence-corrected chi connectivity index (χ4v) is 8.82. The quantitative estimate of drug-likeness (QED) is 0.0858. The molecule has 3 heterocycles. The van der Waals surface area contributed by atoms with Gasteiger partial charge in [-0.25, -0.2) is 0 Å². The number of primary amides is 1. The van der Waals surface area contributed by atoms with Crippen LogP contribution >= 0.6 is 0 Å². The number of methoxy groups -OCH3 is 1. The van der Waals surface area contributed by atoms with Gasteiger partial charge in [0.05, 0.1) is 22.6 Å². The van der Waals surface area contributed by atoms with Crippen LogP contribution in [0.5, 0.6) is 0 Å². The molecule has 390 valence electrons. The Hall–Kier alpha value is -6.63. The number of nitrogens with zero attached hydrogens (tertiary/aromatic N) is 3. The summed E-state index contributed by atoms with van der Waals surface area (Å²) in [5.74, 6) is -0.336. The number of nitrogens with two attached hydrogens (primary N) is 1. The van der Waals surface area contributed by atoms with E-state index in [2.05, 4.69) is 73.3 Å². The van der Waals surface area contributed by atoms with E-state index in [0.717, 1.165) is 64.0 Å². The van der Waals surface area contributed by atoms with E-state index in [-0.39, 0.29) is 23.8 Å². The minimum atomic E-state index is -0.504. The maximum absolute atomic E-state index is 13.8. The molecule has 12 nitrogen and oxygen atoms in total. The number of carbonyl (C=O) groups is 4. The Bertz CT molecular complexity index is 2700. The van der Waals surface area contributed by atoms with E-state index in [9.17, 15) is 14.4 Å². The van der Waals surface area contributed by atoms with Crippen molar-refractivity contribution in [3.05, 3.63) is 149 Å². The summed E-state index contributed by atoms with van der Waals surface area (Å²) in [4.78, 5) is 53.9. The van der Waals surface area contributed by atoms with Gasteiger partial charge in [-0.2, -0.15) is 0 Å². The number of anilines is 2. The first-order valence-corrected chi connectivity index (χ1v) is 25.8. The van der Waals surface area contributed by atoms with Crippen LogP contribution in [0, 0.1) is 6.92 Å². The number of aldehydes is 1. The van der Waals surface area contributed by atoms with Gasteiger partial charge in [0, 0.05) is 91.0 Å². The Morgan fingerprint density at radius 1 is 0.767 bits per heavy atom. The van der Waals surface area contributed by atoms with Crippen molar-refractivity contribution in [3.63, 3.8) is 0 Å². The van der Waals surface area contributed by atoms with Crippen molar-refractivity contribution in [2.75, 3.05) is 37.0 Å². The van der Waals surface area contributed by atoms with Gasteiger partial charge in [-0.3, -0.25) is 19.4 Å². The van der Waals surface area contributed by atoms with E-state index < -0.39 is 11.1 Å². The van der Waals surface area contributed by atoms with Gasteiger partial charge < -0.3 is 40.1 Å². The minimum absolute atomic E-state index is 0.0417. The highest BCUT2D eigenvalue weighted by Crippen LogP contribution is 2.33. The first-order chi connectivity index (χ1) is 34.9. The Labute approximate surface area is 434 Å². The second-order valence-corrected chi connectivity index (χ2v) is 21.2. The van der Waals surface area contributed by atoms with Crippen LogP contribution in [-0.2, 0) is 38.4 Å². The van der Waals surface area contributed by atoms with Crippen LogP contribution in [0.1, 0.15) is 143 Å². The zero-order valence-corrected chi connectivity index (χ0v) is 44.9. The summed E-state index contributed by atoms with van der Waals surface area (Å²) >= 11 is 0. The van der Waals surface area contributed by atoms with E-state index in [4.69, 9.17) is 14.3 Å². The molecule has 73 heavy (non-hydrogen) atoms. The molecular formula is C61H80N6O6. The van der Waals surface area contributed by atoms with Gasteiger partial charge in [0.2, 0.25) is 6.41 Å². The second kappa shape index (κ2) is 27.4. The van der Waals surface area contributed by atoms with Gasteiger partial charge in [0.1, 0.15) is 6.29 Å². The van der Waals surface area contributed by atoms with Gasteiger partial charge in [-0.15, -0.1) is 0 Å². The fraction of sp³-hybridized carbons (Fsp3) is 0.426. The molecule has 0 saturated carbocycles. The van der Waals surface area contributed by atoms with Crippen LogP contribution in [0.3, 0.4) is 0 Å². The molecule has 1 aliphatic carbocycles. The largest absolute Gasteiger partial charge is 0.379 e. The van der Waals surface area contributed by atoms with E-state index in [1.54, 1.807) is 18.2 Å². The van der Waals surface area contributed by atoms with Crippen LogP contribution in [-0.4, -0.2) is 77.6 Å².